The number of hydrogen-bond donors (Lipinski definition) is 1. The first-order valence-corrected chi connectivity index (χ1v) is 7.03. The molecule has 0 saturated heterocycles. The van der Waals surface area contributed by atoms with Gasteiger partial charge >= 0.3 is 0 Å². The van der Waals surface area contributed by atoms with Gasteiger partial charge in [-0.1, -0.05) is 12.1 Å². The third-order valence-electron chi connectivity index (χ3n) is 3.18. The Bertz CT molecular complexity index is 765. The molecule has 116 valence electrons. The van der Waals surface area contributed by atoms with Crippen LogP contribution < -0.4 is 10.1 Å². The van der Waals surface area contributed by atoms with Crippen molar-refractivity contribution in [2.24, 2.45) is 0 Å². The maximum absolute atomic E-state index is 12.8. The summed E-state index contributed by atoms with van der Waals surface area (Å²) in [7, 11) is 0. The van der Waals surface area contributed by atoms with Crippen molar-refractivity contribution in [3.63, 3.8) is 0 Å². The van der Waals surface area contributed by atoms with Crippen molar-refractivity contribution in [2.75, 3.05) is 5.32 Å². The van der Waals surface area contributed by atoms with Gasteiger partial charge in [0.05, 0.1) is 6.26 Å². The number of hydrogen-bond acceptors (Lipinski definition) is 3. The van der Waals surface area contributed by atoms with Gasteiger partial charge in [-0.05, 0) is 54.1 Å². The summed E-state index contributed by atoms with van der Waals surface area (Å²) in [4.78, 5) is 11.8. The third kappa shape index (κ3) is 3.97. The number of anilines is 1. The van der Waals surface area contributed by atoms with Crippen molar-refractivity contribution >= 4 is 11.6 Å². The molecule has 0 aliphatic carbocycles. The van der Waals surface area contributed by atoms with E-state index in [0.717, 1.165) is 5.56 Å². The Labute approximate surface area is 132 Å². The molecule has 1 aromatic heterocycles. The Morgan fingerprint density at radius 2 is 1.78 bits per heavy atom. The molecule has 0 radical (unpaired) electrons. The van der Waals surface area contributed by atoms with E-state index in [-0.39, 0.29) is 17.5 Å². The van der Waals surface area contributed by atoms with Gasteiger partial charge in [0, 0.05) is 5.69 Å². The lowest BCUT2D eigenvalue weighted by Crippen LogP contribution is -2.10. The SMILES string of the molecule is O=C(Nc1ccc(OCc2ccc(F)cc2)cc1)c1ccco1. The van der Waals surface area contributed by atoms with Crippen LogP contribution in [0.2, 0.25) is 0 Å². The summed E-state index contributed by atoms with van der Waals surface area (Å²) < 4.78 is 23.5. The molecule has 23 heavy (non-hydrogen) atoms. The maximum atomic E-state index is 12.8. The largest absolute Gasteiger partial charge is 0.489 e. The van der Waals surface area contributed by atoms with Gasteiger partial charge in [0.25, 0.3) is 5.91 Å². The van der Waals surface area contributed by atoms with Crippen LogP contribution in [-0.2, 0) is 6.61 Å². The first kappa shape index (κ1) is 14.8. The Hall–Kier alpha value is -3.08. The van der Waals surface area contributed by atoms with Gasteiger partial charge in [-0.3, -0.25) is 4.79 Å². The summed E-state index contributed by atoms with van der Waals surface area (Å²) in [5, 5.41) is 2.72. The van der Waals surface area contributed by atoms with Gasteiger partial charge in [-0.15, -0.1) is 0 Å². The Morgan fingerprint density at radius 3 is 2.43 bits per heavy atom. The van der Waals surface area contributed by atoms with Crippen molar-refractivity contribution in [1.29, 1.82) is 0 Å². The van der Waals surface area contributed by atoms with E-state index in [4.69, 9.17) is 9.15 Å². The molecular weight excluding hydrogens is 297 g/mol. The molecule has 0 fully saturated rings. The zero-order chi connectivity index (χ0) is 16.1. The number of halogens is 1. The molecule has 1 heterocycles. The predicted octanol–water partition coefficient (Wildman–Crippen LogP) is 4.25. The van der Waals surface area contributed by atoms with Crippen molar-refractivity contribution in [3.8, 4) is 5.75 Å². The summed E-state index contributed by atoms with van der Waals surface area (Å²) in [6, 6.07) is 16.4. The van der Waals surface area contributed by atoms with Gasteiger partial charge in [0.15, 0.2) is 5.76 Å². The lowest BCUT2D eigenvalue weighted by Gasteiger charge is -2.08. The van der Waals surface area contributed by atoms with Gasteiger partial charge in [-0.25, -0.2) is 4.39 Å². The highest BCUT2D eigenvalue weighted by Crippen LogP contribution is 2.18. The lowest BCUT2D eigenvalue weighted by molar-refractivity contribution is 0.0996. The summed E-state index contributed by atoms with van der Waals surface area (Å²) >= 11 is 0. The molecule has 0 atom stereocenters. The van der Waals surface area contributed by atoms with Gasteiger partial charge in [0.1, 0.15) is 18.2 Å². The molecule has 3 rings (SSSR count). The summed E-state index contributed by atoms with van der Waals surface area (Å²) in [5.74, 6) is 0.326. The molecule has 1 amide bonds. The zero-order valence-electron chi connectivity index (χ0n) is 12.2. The molecule has 2 aromatic carbocycles. The number of furan rings is 1. The number of nitrogens with one attached hydrogen (secondary N) is 1. The van der Waals surface area contributed by atoms with Crippen LogP contribution in [0.4, 0.5) is 10.1 Å². The Balaban J connectivity index is 1.56. The van der Waals surface area contributed by atoms with Crippen LogP contribution in [0.5, 0.6) is 5.75 Å². The quantitative estimate of drug-likeness (QED) is 0.766. The fourth-order valence-electron chi connectivity index (χ4n) is 1.98. The summed E-state index contributed by atoms with van der Waals surface area (Å²) in [6.07, 6.45) is 1.45. The van der Waals surface area contributed by atoms with E-state index < -0.39 is 0 Å². The second kappa shape index (κ2) is 6.79. The van der Waals surface area contributed by atoms with E-state index >= 15 is 0 Å². The van der Waals surface area contributed by atoms with Gasteiger partial charge < -0.3 is 14.5 Å². The number of benzene rings is 2. The second-order valence-electron chi connectivity index (χ2n) is 4.87. The van der Waals surface area contributed by atoms with Crippen molar-refractivity contribution in [1.82, 2.24) is 0 Å². The molecule has 3 aromatic rings. The van der Waals surface area contributed by atoms with Crippen molar-refractivity contribution < 1.29 is 18.3 Å². The van der Waals surface area contributed by atoms with E-state index in [1.165, 1.54) is 18.4 Å². The fraction of sp³-hybridized carbons (Fsp3) is 0.0556. The molecule has 0 spiro atoms. The zero-order valence-corrected chi connectivity index (χ0v) is 12.2. The maximum Gasteiger partial charge on any atom is 0.291 e. The van der Waals surface area contributed by atoms with E-state index in [9.17, 15) is 9.18 Å². The Kier molecular flexibility index (Phi) is 4.38. The molecule has 1 N–H and O–H groups in total. The Morgan fingerprint density at radius 1 is 1.04 bits per heavy atom. The monoisotopic (exact) mass is 311 g/mol. The molecule has 0 aliphatic rings. The number of amides is 1. The minimum Gasteiger partial charge on any atom is -0.489 e. The van der Waals surface area contributed by atoms with Crippen LogP contribution in [-0.4, -0.2) is 5.91 Å². The average Bonchev–Trinajstić information content (AvgIpc) is 3.10. The number of carbonyl (C=O) groups excluding carboxylic acids is 1. The van der Waals surface area contributed by atoms with Crippen LogP contribution in [0.25, 0.3) is 0 Å². The highest BCUT2D eigenvalue weighted by molar-refractivity contribution is 6.02. The van der Waals surface area contributed by atoms with Crippen LogP contribution in [0.3, 0.4) is 0 Å². The summed E-state index contributed by atoms with van der Waals surface area (Å²) in [5.41, 5.74) is 1.52. The third-order valence-corrected chi connectivity index (χ3v) is 3.18. The van der Waals surface area contributed by atoms with E-state index in [1.54, 1.807) is 48.5 Å². The molecule has 5 heteroatoms. The molecule has 4 nitrogen and oxygen atoms in total. The van der Waals surface area contributed by atoms with Crippen molar-refractivity contribution in [2.45, 2.75) is 6.61 Å². The molecular formula is C18H14FNO3. The van der Waals surface area contributed by atoms with Gasteiger partial charge in [-0.2, -0.15) is 0 Å². The normalized spacial score (nSPS) is 10.3. The standard InChI is InChI=1S/C18H14FNO3/c19-14-5-3-13(4-6-14)12-23-16-9-7-15(8-10-16)20-18(21)17-2-1-11-22-17/h1-11H,12H2,(H,20,21). The van der Waals surface area contributed by atoms with E-state index in [0.29, 0.717) is 18.0 Å². The smallest absolute Gasteiger partial charge is 0.291 e. The topological polar surface area (TPSA) is 51.5 Å². The number of ether oxygens (including phenoxy) is 1. The highest BCUT2D eigenvalue weighted by Gasteiger charge is 2.08. The highest BCUT2D eigenvalue weighted by atomic mass is 19.1. The molecule has 0 saturated carbocycles. The number of carbonyl (C=O) groups is 1. The fourth-order valence-corrected chi connectivity index (χ4v) is 1.98. The second-order valence-corrected chi connectivity index (χ2v) is 4.87. The van der Waals surface area contributed by atoms with Crippen LogP contribution in [0.1, 0.15) is 16.1 Å². The van der Waals surface area contributed by atoms with Crippen LogP contribution in [0.15, 0.2) is 71.3 Å². The van der Waals surface area contributed by atoms with E-state index in [1.807, 2.05) is 0 Å². The van der Waals surface area contributed by atoms with Gasteiger partial charge in [0.2, 0.25) is 0 Å². The molecule has 0 bridgehead atoms. The molecule has 0 unspecified atom stereocenters. The summed E-state index contributed by atoms with van der Waals surface area (Å²) in [6.45, 7) is 0.346. The van der Waals surface area contributed by atoms with Crippen LogP contribution in [0, 0.1) is 5.82 Å². The first-order valence-electron chi connectivity index (χ1n) is 7.03. The predicted molar refractivity (Wildman–Crippen MR) is 83.8 cm³/mol. The lowest BCUT2D eigenvalue weighted by atomic mass is 10.2. The molecule has 0 aliphatic heterocycles. The van der Waals surface area contributed by atoms with Crippen LogP contribution >= 0.6 is 0 Å². The first-order chi connectivity index (χ1) is 11.2. The van der Waals surface area contributed by atoms with Crippen molar-refractivity contribution in [3.05, 3.63) is 84.1 Å². The minimum absolute atomic E-state index is 0.252. The van der Waals surface area contributed by atoms with E-state index in [2.05, 4.69) is 5.32 Å². The minimum atomic E-state index is -0.310. The number of rotatable bonds is 5. The average molecular weight is 311 g/mol.